The highest BCUT2D eigenvalue weighted by molar-refractivity contribution is 7.21. The molecule has 0 aliphatic heterocycles. The van der Waals surface area contributed by atoms with Crippen molar-refractivity contribution in [2.24, 2.45) is 0 Å². The molecule has 2 aromatic heterocycles. The van der Waals surface area contributed by atoms with Crippen molar-refractivity contribution in [2.45, 2.75) is 33.3 Å². The van der Waals surface area contributed by atoms with E-state index >= 15 is 0 Å². The van der Waals surface area contributed by atoms with Gasteiger partial charge in [0.05, 0.1) is 11.9 Å². The Hall–Kier alpha value is -1.76. The van der Waals surface area contributed by atoms with Gasteiger partial charge in [-0.05, 0) is 27.7 Å². The number of rotatable bonds is 1. The number of aromatic nitrogens is 3. The van der Waals surface area contributed by atoms with Gasteiger partial charge < -0.3 is 4.74 Å². The van der Waals surface area contributed by atoms with Gasteiger partial charge in [-0.3, -0.25) is 5.32 Å². The number of carbonyl (C=O) groups is 1. The summed E-state index contributed by atoms with van der Waals surface area (Å²) >= 11 is 1.27. The van der Waals surface area contributed by atoms with Crippen LogP contribution in [0.5, 0.6) is 0 Å². The third kappa shape index (κ3) is 3.13. The van der Waals surface area contributed by atoms with Gasteiger partial charge in [0.2, 0.25) is 0 Å². The lowest BCUT2D eigenvalue weighted by Crippen LogP contribution is -2.27. The normalized spacial score (nSPS) is 11.6. The Morgan fingerprint density at radius 3 is 2.78 bits per heavy atom. The molecule has 7 heteroatoms. The zero-order valence-corrected chi connectivity index (χ0v) is 11.5. The minimum atomic E-state index is -0.534. The van der Waals surface area contributed by atoms with Crippen molar-refractivity contribution in [2.75, 3.05) is 5.32 Å². The summed E-state index contributed by atoms with van der Waals surface area (Å²) in [6.07, 6.45) is 1.11. The van der Waals surface area contributed by atoms with Gasteiger partial charge in [0.25, 0.3) is 0 Å². The summed E-state index contributed by atoms with van der Waals surface area (Å²) < 4.78 is 5.14. The molecule has 2 rings (SSSR count). The average molecular weight is 266 g/mol. The zero-order chi connectivity index (χ0) is 13.3. The highest BCUT2D eigenvalue weighted by atomic mass is 32.1. The lowest BCUT2D eigenvalue weighted by molar-refractivity contribution is 0.0636. The van der Waals surface area contributed by atoms with Gasteiger partial charge in [0, 0.05) is 0 Å². The van der Waals surface area contributed by atoms with Crippen molar-refractivity contribution in [1.82, 2.24) is 15.0 Å². The number of aryl methyl sites for hydroxylation is 1. The van der Waals surface area contributed by atoms with Crippen LogP contribution in [0.4, 0.5) is 9.93 Å². The van der Waals surface area contributed by atoms with Crippen LogP contribution in [0.25, 0.3) is 10.5 Å². The van der Waals surface area contributed by atoms with E-state index in [-0.39, 0.29) is 0 Å². The van der Waals surface area contributed by atoms with E-state index in [0.717, 1.165) is 5.69 Å². The Labute approximate surface area is 108 Å². The van der Waals surface area contributed by atoms with Gasteiger partial charge in [-0.1, -0.05) is 11.3 Å². The maximum Gasteiger partial charge on any atom is 0.413 e. The Morgan fingerprint density at radius 2 is 2.11 bits per heavy atom. The monoisotopic (exact) mass is 266 g/mol. The number of amides is 1. The minimum Gasteiger partial charge on any atom is -0.444 e. The summed E-state index contributed by atoms with van der Waals surface area (Å²) in [4.78, 5) is 24.8. The van der Waals surface area contributed by atoms with Crippen LogP contribution < -0.4 is 5.32 Å². The van der Waals surface area contributed by atoms with E-state index < -0.39 is 11.7 Å². The molecule has 0 radical (unpaired) electrons. The molecule has 0 saturated carbocycles. The van der Waals surface area contributed by atoms with Crippen LogP contribution in [0.3, 0.4) is 0 Å². The van der Waals surface area contributed by atoms with Gasteiger partial charge in [-0.25, -0.2) is 14.8 Å². The molecular formula is C11H14N4O2S. The zero-order valence-electron chi connectivity index (χ0n) is 10.6. The highest BCUT2D eigenvalue weighted by Gasteiger charge is 2.17. The minimum absolute atomic E-state index is 0.435. The first kappa shape index (κ1) is 12.7. The van der Waals surface area contributed by atoms with E-state index in [1.54, 1.807) is 27.0 Å². The van der Waals surface area contributed by atoms with E-state index in [1.165, 1.54) is 11.3 Å². The molecule has 0 aromatic carbocycles. The summed E-state index contributed by atoms with van der Waals surface area (Å²) in [5.74, 6) is 0. The van der Waals surface area contributed by atoms with Crippen molar-refractivity contribution in [3.8, 4) is 0 Å². The number of carbonyl (C=O) groups excluding carboxylic acids is 1. The van der Waals surface area contributed by atoms with E-state index in [4.69, 9.17) is 4.74 Å². The number of nitrogens with one attached hydrogen (secondary N) is 1. The predicted octanol–water partition coefficient (Wildman–Crippen LogP) is 2.74. The van der Waals surface area contributed by atoms with Crippen molar-refractivity contribution in [3.05, 3.63) is 11.9 Å². The summed E-state index contributed by atoms with van der Waals surface area (Å²) in [6.45, 7) is 7.26. The molecule has 0 unspecified atom stereocenters. The summed E-state index contributed by atoms with van der Waals surface area (Å²) in [5, 5.41) is 3.01. The van der Waals surface area contributed by atoms with E-state index in [1.807, 2.05) is 6.92 Å². The van der Waals surface area contributed by atoms with E-state index in [0.29, 0.717) is 15.6 Å². The third-order valence-electron chi connectivity index (χ3n) is 1.85. The number of hydrogen-bond donors (Lipinski definition) is 1. The number of ether oxygens (including phenoxy) is 1. The fourth-order valence-corrected chi connectivity index (χ4v) is 2.08. The third-order valence-corrected chi connectivity index (χ3v) is 2.71. The van der Waals surface area contributed by atoms with Crippen LogP contribution in [-0.2, 0) is 4.74 Å². The van der Waals surface area contributed by atoms with E-state index in [2.05, 4.69) is 20.3 Å². The topological polar surface area (TPSA) is 77.0 Å². The molecular weight excluding hydrogens is 252 g/mol. The van der Waals surface area contributed by atoms with Crippen LogP contribution in [-0.4, -0.2) is 26.6 Å². The standard InChI is InChI=1S/C11H14N4O2S/c1-6-5-12-7-8(13-6)18-9(14-7)15-10(16)17-11(2,3)4/h5H,1-4H3,(H,12,14,15,16). The van der Waals surface area contributed by atoms with E-state index in [9.17, 15) is 4.79 Å². The molecule has 0 atom stereocenters. The Balaban J connectivity index is 2.15. The Morgan fingerprint density at radius 1 is 1.39 bits per heavy atom. The van der Waals surface area contributed by atoms with Crippen LogP contribution >= 0.6 is 11.3 Å². The fraction of sp³-hybridized carbons (Fsp3) is 0.455. The van der Waals surface area contributed by atoms with Gasteiger partial charge in [0.1, 0.15) is 5.60 Å². The summed E-state index contributed by atoms with van der Waals surface area (Å²) in [7, 11) is 0. The van der Waals surface area contributed by atoms with Gasteiger partial charge >= 0.3 is 6.09 Å². The largest absolute Gasteiger partial charge is 0.444 e. The molecule has 2 heterocycles. The maximum absolute atomic E-state index is 11.6. The SMILES string of the molecule is Cc1cnc2nc(NC(=O)OC(C)(C)C)sc2n1. The molecule has 1 amide bonds. The number of fused-ring (bicyclic) bond motifs is 1. The smallest absolute Gasteiger partial charge is 0.413 e. The molecule has 0 aliphatic carbocycles. The first-order valence-electron chi connectivity index (χ1n) is 5.44. The second-order valence-electron chi connectivity index (χ2n) is 4.79. The molecule has 0 aliphatic rings. The van der Waals surface area contributed by atoms with Crippen LogP contribution in [0.15, 0.2) is 6.20 Å². The van der Waals surface area contributed by atoms with Crippen LogP contribution in [0.2, 0.25) is 0 Å². The lowest BCUT2D eigenvalue weighted by atomic mass is 10.2. The van der Waals surface area contributed by atoms with Crippen molar-refractivity contribution < 1.29 is 9.53 Å². The molecule has 0 spiro atoms. The number of hydrogen-bond acceptors (Lipinski definition) is 6. The highest BCUT2D eigenvalue weighted by Crippen LogP contribution is 2.23. The fourth-order valence-electron chi connectivity index (χ4n) is 1.25. The Bertz CT molecular complexity index is 588. The first-order valence-corrected chi connectivity index (χ1v) is 6.25. The number of nitrogens with zero attached hydrogens (tertiary/aromatic N) is 3. The van der Waals surface area contributed by atoms with Gasteiger partial charge in [-0.15, -0.1) is 0 Å². The molecule has 0 fully saturated rings. The lowest BCUT2D eigenvalue weighted by Gasteiger charge is -2.18. The second-order valence-corrected chi connectivity index (χ2v) is 5.76. The summed E-state index contributed by atoms with van der Waals surface area (Å²) in [5.41, 5.74) is 0.806. The number of anilines is 1. The van der Waals surface area contributed by atoms with Crippen molar-refractivity contribution >= 4 is 33.0 Å². The van der Waals surface area contributed by atoms with Crippen molar-refractivity contribution in [3.63, 3.8) is 0 Å². The molecule has 96 valence electrons. The quantitative estimate of drug-likeness (QED) is 0.858. The molecule has 2 aromatic rings. The number of thiazole rings is 1. The summed E-state index contributed by atoms with van der Waals surface area (Å²) in [6, 6.07) is 0. The molecule has 1 N–H and O–H groups in total. The van der Waals surface area contributed by atoms with Crippen LogP contribution in [0, 0.1) is 6.92 Å². The second kappa shape index (κ2) is 4.49. The average Bonchev–Trinajstić information content (AvgIpc) is 2.55. The van der Waals surface area contributed by atoms with Gasteiger partial charge in [0.15, 0.2) is 15.6 Å². The first-order chi connectivity index (χ1) is 8.33. The van der Waals surface area contributed by atoms with Gasteiger partial charge in [-0.2, -0.15) is 4.98 Å². The molecule has 0 bridgehead atoms. The Kier molecular flexibility index (Phi) is 3.16. The molecule has 6 nitrogen and oxygen atoms in total. The van der Waals surface area contributed by atoms with Crippen LogP contribution in [0.1, 0.15) is 26.5 Å². The predicted molar refractivity (Wildman–Crippen MR) is 69.8 cm³/mol. The van der Waals surface area contributed by atoms with Crippen molar-refractivity contribution in [1.29, 1.82) is 0 Å². The maximum atomic E-state index is 11.6. The molecule has 18 heavy (non-hydrogen) atoms. The molecule has 0 saturated heterocycles.